The first-order valence-corrected chi connectivity index (χ1v) is 22.0. The van der Waals surface area contributed by atoms with Gasteiger partial charge in [-0.1, -0.05) is 184 Å². The van der Waals surface area contributed by atoms with E-state index in [2.05, 4.69) is 239 Å². The number of para-hydroxylation sites is 4. The van der Waals surface area contributed by atoms with E-state index in [1.54, 1.807) is 0 Å². The zero-order valence-corrected chi connectivity index (χ0v) is 44.3. The zero-order chi connectivity index (χ0) is 42.6. The molecule has 0 radical (unpaired) electrons. The molecule has 0 aliphatic rings. The summed E-state index contributed by atoms with van der Waals surface area (Å²) in [6, 6.07) is 26.8. The summed E-state index contributed by atoms with van der Waals surface area (Å²) in [5, 5.41) is 0. The Morgan fingerprint density at radius 1 is 0.339 bits per heavy atom. The van der Waals surface area contributed by atoms with Crippen molar-refractivity contribution in [1.82, 2.24) is 9.13 Å². The van der Waals surface area contributed by atoms with Crippen molar-refractivity contribution in [3.05, 3.63) is 155 Å². The molecule has 0 saturated carbocycles. The average Bonchev–Trinajstić information content (AvgIpc) is 3.87. The normalized spacial score (nSPS) is 11.2. The summed E-state index contributed by atoms with van der Waals surface area (Å²) >= 11 is 0. The Hall–Kier alpha value is -3.01. The maximum absolute atomic E-state index is 3.66. The van der Waals surface area contributed by atoms with Gasteiger partial charge >= 0.3 is 0 Å². The molecule has 0 aliphatic carbocycles. The van der Waals surface area contributed by atoms with Crippen LogP contribution in [0.5, 0.6) is 0 Å². The van der Waals surface area contributed by atoms with E-state index >= 15 is 0 Å². The van der Waals surface area contributed by atoms with Gasteiger partial charge in [0.15, 0.2) is 0 Å². The summed E-state index contributed by atoms with van der Waals surface area (Å²) in [5.41, 5.74) is 16.1. The van der Waals surface area contributed by atoms with Crippen molar-refractivity contribution in [2.45, 2.75) is 158 Å². The van der Waals surface area contributed by atoms with Crippen LogP contribution in [-0.2, 0) is 33.0 Å². The molecule has 0 bridgehead atoms. The van der Waals surface area contributed by atoms with Crippen LogP contribution in [0.1, 0.15) is 203 Å². The van der Waals surface area contributed by atoms with Crippen molar-refractivity contribution in [2.75, 3.05) is 0 Å². The molecule has 2 aromatic heterocycles. The topological polar surface area (TPSA) is 17.6 Å². The summed E-state index contributed by atoms with van der Waals surface area (Å²) in [7, 11) is 0. The minimum Gasteiger partial charge on any atom is -0.298 e. The van der Waals surface area contributed by atoms with Gasteiger partial charge < -0.3 is 0 Å². The SMILES string of the molecule is CC(C)c1cccc(C(C)C)c1-n1[c-][n+](-c2c(C(C)C)cccc2C(C)C)cc1.CC(C)c1cccc(C(C)C)c1-n1[c-][n+](-c2c(C(C)C)cccc2C(C)C)cc1.S.S.[Ni].[Ni]. The Labute approximate surface area is 411 Å². The Balaban J connectivity index is 0.000000582. The molecule has 6 aromatic rings. The fraction of sp³-hybridized carbons (Fsp3) is 0.444. The van der Waals surface area contributed by atoms with E-state index in [0.29, 0.717) is 47.3 Å². The number of rotatable bonds is 12. The Kier molecular flexibility index (Phi) is 22.9. The van der Waals surface area contributed by atoms with E-state index in [9.17, 15) is 0 Å². The van der Waals surface area contributed by atoms with Gasteiger partial charge in [0.05, 0.1) is 22.7 Å². The van der Waals surface area contributed by atoms with Gasteiger partial charge in [-0.15, -0.1) is 0 Å². The fourth-order valence-electron chi connectivity index (χ4n) is 8.29. The third-order valence-electron chi connectivity index (χ3n) is 11.5. The minimum absolute atomic E-state index is 0. The summed E-state index contributed by atoms with van der Waals surface area (Å²) in [6.07, 6.45) is 16.0. The second kappa shape index (κ2) is 24.9. The van der Waals surface area contributed by atoms with Crippen LogP contribution in [0.4, 0.5) is 0 Å². The van der Waals surface area contributed by atoms with Crippen LogP contribution in [0.25, 0.3) is 22.7 Å². The van der Waals surface area contributed by atoms with Gasteiger partial charge in [-0.2, -0.15) is 27.0 Å². The summed E-state index contributed by atoms with van der Waals surface area (Å²) in [6.45, 7) is 36.3. The molecule has 0 N–H and O–H groups in total. The van der Waals surface area contributed by atoms with Gasteiger partial charge in [-0.25, -0.2) is 0 Å². The standard InChI is InChI=1S/2C27H36N2.2Ni.2H2S/c2*1-18(2)22-11-9-12-23(19(3)4)26(22)28-15-16-29(17-28)27-24(20(5)6)13-10-14-25(27)21(7)8;;;;/h2*9-16,18-21H,1-8H3;;;2*1H2. The monoisotopic (exact) mass is 960 g/mol. The number of nitrogens with zero attached hydrogens (tertiary/aromatic N) is 4. The van der Waals surface area contributed by atoms with E-state index in [1.165, 1.54) is 67.3 Å². The summed E-state index contributed by atoms with van der Waals surface area (Å²) < 4.78 is 8.80. The van der Waals surface area contributed by atoms with Gasteiger partial charge in [0, 0.05) is 57.8 Å². The number of hydrogen-bond acceptors (Lipinski definition) is 0. The molecule has 6 rings (SSSR count). The van der Waals surface area contributed by atoms with E-state index in [1.807, 2.05) is 0 Å². The molecule has 0 fully saturated rings. The smallest absolute Gasteiger partial charge is 0.268 e. The van der Waals surface area contributed by atoms with E-state index in [0.717, 1.165) is 0 Å². The zero-order valence-electron chi connectivity index (χ0n) is 40.3. The first-order valence-electron chi connectivity index (χ1n) is 22.0. The predicted octanol–water partition coefficient (Wildman–Crippen LogP) is 14.3. The predicted molar refractivity (Wildman–Crippen MR) is 266 cm³/mol. The number of imidazole rings is 2. The minimum atomic E-state index is 0. The molecule has 0 amide bonds. The second-order valence-corrected chi connectivity index (χ2v) is 18.7. The molecule has 0 atom stereocenters. The molecule has 0 aliphatic heterocycles. The van der Waals surface area contributed by atoms with Crippen molar-refractivity contribution < 1.29 is 42.1 Å². The molecule has 0 unspecified atom stereocenters. The van der Waals surface area contributed by atoms with Gasteiger partial charge in [-0.3, -0.25) is 18.3 Å². The number of benzene rings is 4. The van der Waals surface area contributed by atoms with Crippen LogP contribution in [0.3, 0.4) is 0 Å². The van der Waals surface area contributed by atoms with Crippen molar-refractivity contribution in [1.29, 1.82) is 0 Å². The molecule has 8 heteroatoms. The fourth-order valence-corrected chi connectivity index (χ4v) is 8.29. The quantitative estimate of drug-likeness (QED) is 0.0661. The first-order chi connectivity index (χ1) is 27.4. The first kappa shape index (κ1) is 57.0. The van der Waals surface area contributed by atoms with Crippen molar-refractivity contribution in [3.8, 4) is 22.7 Å². The van der Waals surface area contributed by atoms with E-state index < -0.39 is 0 Å². The maximum Gasteiger partial charge on any atom is 0.268 e. The summed E-state index contributed by atoms with van der Waals surface area (Å²) in [5.74, 6) is 3.68. The molecule has 4 nitrogen and oxygen atoms in total. The molecule has 0 spiro atoms. The van der Waals surface area contributed by atoms with Crippen LogP contribution >= 0.6 is 27.0 Å². The van der Waals surface area contributed by atoms with Crippen molar-refractivity contribution >= 4 is 27.0 Å². The Bertz CT molecular complexity index is 1870. The number of hydrogen-bond donors (Lipinski definition) is 0. The largest absolute Gasteiger partial charge is 0.298 e. The Morgan fingerprint density at radius 2 is 0.532 bits per heavy atom. The van der Waals surface area contributed by atoms with Crippen molar-refractivity contribution in [2.24, 2.45) is 0 Å². The van der Waals surface area contributed by atoms with Crippen LogP contribution in [-0.4, -0.2) is 9.13 Å². The van der Waals surface area contributed by atoms with Gasteiger partial charge in [0.1, 0.15) is 0 Å². The number of aromatic nitrogens is 4. The van der Waals surface area contributed by atoms with Crippen LogP contribution in [0.2, 0.25) is 0 Å². The molecule has 344 valence electrons. The van der Waals surface area contributed by atoms with Crippen LogP contribution < -0.4 is 9.13 Å². The molecule has 0 saturated heterocycles. The average molecular weight is 963 g/mol. The maximum atomic E-state index is 3.66. The molecular weight excluding hydrogens is 886 g/mol. The van der Waals surface area contributed by atoms with E-state index in [4.69, 9.17) is 0 Å². The van der Waals surface area contributed by atoms with Crippen LogP contribution in [0.15, 0.2) is 97.6 Å². The van der Waals surface area contributed by atoms with E-state index in [-0.39, 0.29) is 60.0 Å². The third kappa shape index (κ3) is 12.6. The van der Waals surface area contributed by atoms with Crippen molar-refractivity contribution in [3.63, 3.8) is 0 Å². The third-order valence-corrected chi connectivity index (χ3v) is 11.5. The molecule has 2 heterocycles. The van der Waals surface area contributed by atoms with Crippen LogP contribution in [0, 0.1) is 12.7 Å². The van der Waals surface area contributed by atoms with Gasteiger partial charge in [0.25, 0.3) is 12.7 Å². The molecule has 62 heavy (non-hydrogen) atoms. The second-order valence-electron chi connectivity index (χ2n) is 18.7. The van der Waals surface area contributed by atoms with Gasteiger partial charge in [0.2, 0.25) is 0 Å². The molecule has 4 aromatic carbocycles. The molecular formula is C54H76N4Ni2S2. The Morgan fingerprint density at radius 3 is 0.726 bits per heavy atom. The van der Waals surface area contributed by atoms with Gasteiger partial charge in [-0.05, 0) is 91.9 Å². The summed E-state index contributed by atoms with van der Waals surface area (Å²) in [4.78, 5) is 0.